The van der Waals surface area contributed by atoms with Crippen LogP contribution >= 0.6 is 0 Å². The third-order valence-corrected chi connectivity index (χ3v) is 3.65. The summed E-state index contributed by atoms with van der Waals surface area (Å²) in [5.41, 5.74) is 0.556. The number of nitrogens with one attached hydrogen (secondary N) is 1. The van der Waals surface area contributed by atoms with Crippen molar-refractivity contribution in [1.82, 2.24) is 5.32 Å². The molecule has 1 aliphatic heterocycles. The number of benzene rings is 1. The average Bonchev–Trinajstić information content (AvgIpc) is 2.38. The zero-order valence-corrected chi connectivity index (χ0v) is 11.4. The fourth-order valence-electron chi connectivity index (χ4n) is 2.54. The van der Waals surface area contributed by atoms with Gasteiger partial charge in [-0.2, -0.15) is 0 Å². The maximum atomic E-state index is 14.0. The van der Waals surface area contributed by atoms with Crippen LogP contribution in [0.1, 0.15) is 43.7 Å². The van der Waals surface area contributed by atoms with Crippen LogP contribution in [-0.4, -0.2) is 20.2 Å². The largest absolute Gasteiger partial charge is 0.496 e. The summed E-state index contributed by atoms with van der Waals surface area (Å²) in [6.45, 7) is 5.22. The SMILES string of the molecule is COc1ccc(C(C)(C)F)cc1C1CCCNC1. The van der Waals surface area contributed by atoms with Crippen molar-refractivity contribution in [3.63, 3.8) is 0 Å². The van der Waals surface area contributed by atoms with Gasteiger partial charge < -0.3 is 10.1 Å². The van der Waals surface area contributed by atoms with Crippen molar-refractivity contribution < 1.29 is 9.13 Å². The zero-order valence-electron chi connectivity index (χ0n) is 11.4. The number of rotatable bonds is 3. The topological polar surface area (TPSA) is 21.3 Å². The van der Waals surface area contributed by atoms with Crippen molar-refractivity contribution in [2.24, 2.45) is 0 Å². The van der Waals surface area contributed by atoms with Gasteiger partial charge in [0.15, 0.2) is 0 Å². The molecular formula is C15H22FNO. The van der Waals surface area contributed by atoms with Crippen LogP contribution in [0.25, 0.3) is 0 Å². The summed E-state index contributed by atoms with van der Waals surface area (Å²) in [4.78, 5) is 0. The van der Waals surface area contributed by atoms with Gasteiger partial charge in [0.05, 0.1) is 7.11 Å². The molecule has 1 aromatic rings. The van der Waals surface area contributed by atoms with Crippen LogP contribution in [0.15, 0.2) is 18.2 Å². The number of ether oxygens (including phenoxy) is 1. The molecule has 1 heterocycles. The van der Waals surface area contributed by atoms with Gasteiger partial charge in [-0.05, 0) is 56.5 Å². The molecule has 1 aliphatic rings. The Balaban J connectivity index is 2.35. The van der Waals surface area contributed by atoms with Crippen LogP contribution in [0, 0.1) is 0 Å². The highest BCUT2D eigenvalue weighted by molar-refractivity contribution is 5.41. The van der Waals surface area contributed by atoms with Gasteiger partial charge in [-0.15, -0.1) is 0 Å². The van der Waals surface area contributed by atoms with E-state index in [0.717, 1.165) is 42.8 Å². The lowest BCUT2D eigenvalue weighted by Gasteiger charge is -2.26. The first-order valence-electron chi connectivity index (χ1n) is 6.60. The van der Waals surface area contributed by atoms with Crippen molar-refractivity contribution in [1.29, 1.82) is 0 Å². The van der Waals surface area contributed by atoms with Gasteiger partial charge in [0.2, 0.25) is 0 Å². The molecule has 0 amide bonds. The van der Waals surface area contributed by atoms with Gasteiger partial charge in [0, 0.05) is 12.5 Å². The Morgan fingerprint density at radius 3 is 2.72 bits per heavy atom. The summed E-state index contributed by atoms with van der Waals surface area (Å²) < 4.78 is 19.5. The Morgan fingerprint density at radius 2 is 2.17 bits per heavy atom. The number of hydrogen-bond acceptors (Lipinski definition) is 2. The number of hydrogen-bond donors (Lipinski definition) is 1. The lowest BCUT2D eigenvalue weighted by Crippen LogP contribution is -2.28. The monoisotopic (exact) mass is 251 g/mol. The van der Waals surface area contributed by atoms with E-state index in [4.69, 9.17) is 4.74 Å². The Morgan fingerprint density at radius 1 is 1.39 bits per heavy atom. The highest BCUT2D eigenvalue weighted by atomic mass is 19.1. The average molecular weight is 251 g/mol. The van der Waals surface area contributed by atoms with Crippen molar-refractivity contribution in [2.45, 2.75) is 38.3 Å². The van der Waals surface area contributed by atoms with Crippen molar-refractivity contribution in [3.05, 3.63) is 29.3 Å². The van der Waals surface area contributed by atoms with Crippen LogP contribution in [0.3, 0.4) is 0 Å². The molecule has 1 N–H and O–H groups in total. The highest BCUT2D eigenvalue weighted by Crippen LogP contribution is 2.35. The molecule has 2 nitrogen and oxygen atoms in total. The molecular weight excluding hydrogens is 229 g/mol. The maximum Gasteiger partial charge on any atom is 0.130 e. The second-order valence-corrected chi connectivity index (χ2v) is 5.47. The molecule has 0 aliphatic carbocycles. The summed E-state index contributed by atoms with van der Waals surface area (Å²) in [5.74, 6) is 1.30. The summed E-state index contributed by atoms with van der Waals surface area (Å²) in [7, 11) is 1.68. The second-order valence-electron chi connectivity index (χ2n) is 5.47. The first-order chi connectivity index (χ1) is 8.52. The number of alkyl halides is 1. The molecule has 3 heteroatoms. The van der Waals surface area contributed by atoms with Crippen molar-refractivity contribution in [3.8, 4) is 5.75 Å². The second kappa shape index (κ2) is 5.27. The lowest BCUT2D eigenvalue weighted by molar-refractivity contribution is 0.221. The number of halogens is 1. The number of piperidine rings is 1. The Hall–Kier alpha value is -1.09. The smallest absolute Gasteiger partial charge is 0.130 e. The van der Waals surface area contributed by atoms with Gasteiger partial charge in [-0.3, -0.25) is 0 Å². The lowest BCUT2D eigenvalue weighted by atomic mass is 9.87. The molecule has 100 valence electrons. The number of methoxy groups -OCH3 is 1. The molecule has 18 heavy (non-hydrogen) atoms. The summed E-state index contributed by atoms with van der Waals surface area (Å²) in [5, 5.41) is 3.39. The molecule has 0 radical (unpaired) electrons. The molecule has 0 aromatic heterocycles. The van der Waals surface area contributed by atoms with E-state index in [0.29, 0.717) is 5.92 Å². The van der Waals surface area contributed by atoms with E-state index in [2.05, 4.69) is 5.32 Å². The first-order valence-corrected chi connectivity index (χ1v) is 6.60. The molecule has 0 spiro atoms. The standard InChI is InChI=1S/C15H22FNO/c1-15(2,16)12-6-7-14(18-3)13(9-12)11-5-4-8-17-10-11/h6-7,9,11,17H,4-5,8,10H2,1-3H3. The summed E-state index contributed by atoms with van der Waals surface area (Å²) in [6.07, 6.45) is 2.30. The van der Waals surface area contributed by atoms with E-state index in [1.54, 1.807) is 21.0 Å². The molecule has 1 atom stereocenters. The van der Waals surface area contributed by atoms with Gasteiger partial charge in [0.25, 0.3) is 0 Å². The van der Waals surface area contributed by atoms with Crippen molar-refractivity contribution >= 4 is 0 Å². The van der Waals surface area contributed by atoms with Crippen LogP contribution in [0.5, 0.6) is 5.75 Å². The Bertz CT molecular complexity index is 405. The summed E-state index contributed by atoms with van der Waals surface area (Å²) in [6, 6.07) is 5.68. The van der Waals surface area contributed by atoms with Crippen LogP contribution in [-0.2, 0) is 5.67 Å². The van der Waals surface area contributed by atoms with E-state index < -0.39 is 5.67 Å². The maximum absolute atomic E-state index is 14.0. The summed E-state index contributed by atoms with van der Waals surface area (Å²) >= 11 is 0. The third kappa shape index (κ3) is 2.83. The minimum absolute atomic E-state index is 0.427. The Kier molecular flexibility index (Phi) is 3.91. The van der Waals surface area contributed by atoms with E-state index >= 15 is 0 Å². The fraction of sp³-hybridized carbons (Fsp3) is 0.600. The van der Waals surface area contributed by atoms with Crippen LogP contribution < -0.4 is 10.1 Å². The predicted molar refractivity (Wildman–Crippen MR) is 72.0 cm³/mol. The van der Waals surface area contributed by atoms with Gasteiger partial charge in [-0.1, -0.05) is 6.07 Å². The zero-order chi connectivity index (χ0) is 13.2. The van der Waals surface area contributed by atoms with E-state index in [1.807, 2.05) is 18.2 Å². The highest BCUT2D eigenvalue weighted by Gasteiger charge is 2.24. The molecule has 1 fully saturated rings. The van der Waals surface area contributed by atoms with Gasteiger partial charge >= 0.3 is 0 Å². The molecule has 0 saturated carbocycles. The van der Waals surface area contributed by atoms with Crippen LogP contribution in [0.2, 0.25) is 0 Å². The van der Waals surface area contributed by atoms with Gasteiger partial charge in [-0.25, -0.2) is 4.39 Å². The predicted octanol–water partition coefficient (Wildman–Crippen LogP) is 3.37. The molecule has 0 bridgehead atoms. The fourth-order valence-corrected chi connectivity index (χ4v) is 2.54. The van der Waals surface area contributed by atoms with Gasteiger partial charge in [0.1, 0.15) is 11.4 Å². The molecule has 1 saturated heterocycles. The third-order valence-electron chi connectivity index (χ3n) is 3.65. The van der Waals surface area contributed by atoms with Crippen molar-refractivity contribution in [2.75, 3.05) is 20.2 Å². The Labute approximate surface area is 109 Å². The quantitative estimate of drug-likeness (QED) is 0.889. The molecule has 2 rings (SSSR count). The van der Waals surface area contributed by atoms with E-state index in [1.165, 1.54) is 0 Å². The minimum atomic E-state index is -1.30. The first kappa shape index (κ1) is 13.3. The molecule has 1 aromatic carbocycles. The minimum Gasteiger partial charge on any atom is -0.496 e. The van der Waals surface area contributed by atoms with E-state index in [-0.39, 0.29) is 0 Å². The van der Waals surface area contributed by atoms with Crippen LogP contribution in [0.4, 0.5) is 4.39 Å². The molecule has 1 unspecified atom stereocenters. The van der Waals surface area contributed by atoms with E-state index in [9.17, 15) is 4.39 Å². The normalized spacial score (nSPS) is 20.8.